The predicted molar refractivity (Wildman–Crippen MR) is 174 cm³/mol. The number of fused-ring (bicyclic) bond motifs is 1. The lowest BCUT2D eigenvalue weighted by Crippen LogP contribution is -2.55. The molecular formula is C34H37FN6O7. The topological polar surface area (TPSA) is 181 Å². The van der Waals surface area contributed by atoms with Gasteiger partial charge in [-0.3, -0.25) is 19.2 Å². The van der Waals surface area contributed by atoms with E-state index >= 15 is 4.39 Å². The molecule has 6 N–H and O–H groups in total. The van der Waals surface area contributed by atoms with E-state index in [4.69, 9.17) is 15.2 Å². The third kappa shape index (κ3) is 7.72. The fraction of sp³-hybridized carbons (Fsp3) is 0.324. The average Bonchev–Trinajstić information content (AvgIpc) is 3.49. The predicted octanol–water partition coefficient (Wildman–Crippen LogP) is 3.34. The molecule has 0 radical (unpaired) electrons. The zero-order valence-electron chi connectivity index (χ0n) is 26.5. The first-order chi connectivity index (χ1) is 23.0. The van der Waals surface area contributed by atoms with Gasteiger partial charge >= 0.3 is 6.09 Å². The molecule has 0 bridgehead atoms. The lowest BCUT2D eigenvalue weighted by atomic mass is 9.90. The lowest BCUT2D eigenvalue weighted by Gasteiger charge is -2.35. The maximum absolute atomic E-state index is 15.1. The Balaban J connectivity index is 1.40. The van der Waals surface area contributed by atoms with Crippen LogP contribution in [-0.4, -0.2) is 67.0 Å². The van der Waals surface area contributed by atoms with E-state index in [1.807, 2.05) is 0 Å². The molecule has 5 rings (SSSR count). The van der Waals surface area contributed by atoms with E-state index < -0.39 is 53.7 Å². The molecule has 0 spiro atoms. The van der Waals surface area contributed by atoms with Crippen LogP contribution < -0.4 is 27.0 Å². The fourth-order valence-corrected chi connectivity index (χ4v) is 5.76. The second kappa shape index (κ2) is 14.9. The van der Waals surface area contributed by atoms with Crippen LogP contribution in [0, 0.1) is 11.7 Å². The Bertz CT molecular complexity index is 1700. The Kier molecular flexibility index (Phi) is 10.5. The van der Waals surface area contributed by atoms with Crippen LogP contribution in [-0.2, 0) is 30.4 Å². The Morgan fingerprint density at radius 1 is 0.979 bits per heavy atom. The summed E-state index contributed by atoms with van der Waals surface area (Å²) in [6, 6.07) is 14.8. The molecular weight excluding hydrogens is 623 g/mol. The second-order valence-electron chi connectivity index (χ2n) is 11.6. The van der Waals surface area contributed by atoms with Crippen molar-refractivity contribution in [3.05, 3.63) is 89.2 Å². The molecule has 13 nitrogen and oxygen atoms in total. The van der Waals surface area contributed by atoms with Crippen molar-refractivity contribution in [3.8, 4) is 0 Å². The van der Waals surface area contributed by atoms with Crippen molar-refractivity contribution in [1.82, 2.24) is 15.5 Å². The Morgan fingerprint density at radius 2 is 1.69 bits per heavy atom. The molecule has 14 heteroatoms. The number of ether oxygens (including phenoxy) is 2. The van der Waals surface area contributed by atoms with Crippen molar-refractivity contribution in [2.24, 2.45) is 5.92 Å². The van der Waals surface area contributed by atoms with Crippen molar-refractivity contribution in [3.63, 3.8) is 0 Å². The number of nitrogens with zero attached hydrogens (tertiary/aromatic N) is 1. The normalized spacial score (nSPS) is 17.0. The molecule has 2 heterocycles. The van der Waals surface area contributed by atoms with Gasteiger partial charge < -0.3 is 41.4 Å². The number of nitrogens with two attached hydrogens (primary N) is 1. The van der Waals surface area contributed by atoms with Gasteiger partial charge in [0.2, 0.25) is 5.91 Å². The average molecular weight is 661 g/mol. The van der Waals surface area contributed by atoms with Gasteiger partial charge in [0.25, 0.3) is 17.7 Å². The molecule has 0 aromatic heterocycles. The minimum atomic E-state index is -1.21. The highest BCUT2D eigenvalue weighted by molar-refractivity contribution is 6.06. The number of amides is 5. The van der Waals surface area contributed by atoms with E-state index in [0.29, 0.717) is 48.6 Å². The number of halogens is 1. The van der Waals surface area contributed by atoms with Crippen LogP contribution in [0.4, 0.5) is 26.2 Å². The summed E-state index contributed by atoms with van der Waals surface area (Å²) in [4.78, 5) is 67.5. The third-order valence-electron chi connectivity index (χ3n) is 8.35. The van der Waals surface area contributed by atoms with Gasteiger partial charge in [0, 0.05) is 43.7 Å². The monoisotopic (exact) mass is 660 g/mol. The Hall–Kier alpha value is -5.50. The zero-order valence-corrected chi connectivity index (χ0v) is 26.5. The number of hydrogen-bond acceptors (Lipinski definition) is 8. The van der Waals surface area contributed by atoms with Crippen LogP contribution in [0.2, 0.25) is 0 Å². The third-order valence-corrected chi connectivity index (χ3v) is 8.35. The molecule has 0 unspecified atom stereocenters. The van der Waals surface area contributed by atoms with Gasteiger partial charge in [-0.25, -0.2) is 9.18 Å². The standard InChI is InChI=1S/C34H37FN6O7/c1-19(48-34(46)37-2)30(42)40-28(20-13-15-47-16-14-20)33(45)41-18-22-5-3-4-6-25(22)29(41)32(44)39-27-17-21(7-12-26(27)35)31(43)38-24-10-8-23(36)9-11-24/h3-12,17,19-20,28-29H,13-16,18,36H2,1-2H3,(H,37,46)(H,38,43)(H,39,44)(H,40,42)/t19-,28-,29-/m0/s1. The molecule has 1 saturated heterocycles. The lowest BCUT2D eigenvalue weighted by molar-refractivity contribution is -0.145. The molecule has 252 valence electrons. The van der Waals surface area contributed by atoms with Crippen LogP contribution in [0.25, 0.3) is 0 Å². The minimum absolute atomic E-state index is 0.0551. The molecule has 2 aliphatic heterocycles. The maximum atomic E-state index is 15.1. The zero-order chi connectivity index (χ0) is 34.4. The van der Waals surface area contributed by atoms with Gasteiger partial charge in [-0.15, -0.1) is 0 Å². The SMILES string of the molecule is CNC(=O)O[C@@H](C)C(=O)N[C@H](C(=O)N1Cc2ccccc2[C@H]1C(=O)Nc1cc(C(=O)Nc2ccc(N)cc2)ccc1F)C1CCOCC1. The summed E-state index contributed by atoms with van der Waals surface area (Å²) in [6.07, 6.45) is -1.08. The number of benzene rings is 3. The van der Waals surface area contributed by atoms with E-state index in [1.165, 1.54) is 31.0 Å². The number of nitrogens with one attached hydrogen (secondary N) is 4. The van der Waals surface area contributed by atoms with Gasteiger partial charge in [0.1, 0.15) is 17.9 Å². The first-order valence-electron chi connectivity index (χ1n) is 15.5. The summed E-state index contributed by atoms with van der Waals surface area (Å²) < 4.78 is 25.6. The van der Waals surface area contributed by atoms with Crippen LogP contribution in [0.15, 0.2) is 66.7 Å². The molecule has 1 fully saturated rings. The Morgan fingerprint density at radius 3 is 2.40 bits per heavy atom. The second-order valence-corrected chi connectivity index (χ2v) is 11.6. The van der Waals surface area contributed by atoms with Gasteiger partial charge in [-0.2, -0.15) is 0 Å². The number of carbonyl (C=O) groups is 5. The molecule has 48 heavy (non-hydrogen) atoms. The largest absolute Gasteiger partial charge is 0.436 e. The number of alkyl carbamates (subject to hydrolysis) is 1. The molecule has 2 aliphatic rings. The van der Waals surface area contributed by atoms with E-state index in [9.17, 15) is 24.0 Å². The number of rotatable bonds is 9. The highest BCUT2D eigenvalue weighted by atomic mass is 19.1. The number of carbonyl (C=O) groups excluding carboxylic acids is 5. The van der Waals surface area contributed by atoms with Crippen LogP contribution >= 0.6 is 0 Å². The summed E-state index contributed by atoms with van der Waals surface area (Å²) in [6.45, 7) is 2.19. The summed E-state index contributed by atoms with van der Waals surface area (Å²) in [5.41, 5.74) is 7.77. The van der Waals surface area contributed by atoms with Crippen LogP contribution in [0.1, 0.15) is 47.3 Å². The minimum Gasteiger partial charge on any atom is -0.436 e. The number of hydrogen-bond donors (Lipinski definition) is 5. The number of nitrogen functional groups attached to an aromatic ring is 1. The van der Waals surface area contributed by atoms with Crippen molar-refractivity contribution in [2.45, 2.75) is 44.5 Å². The van der Waals surface area contributed by atoms with Crippen LogP contribution in [0.5, 0.6) is 0 Å². The maximum Gasteiger partial charge on any atom is 0.407 e. The summed E-state index contributed by atoms with van der Waals surface area (Å²) >= 11 is 0. The summed E-state index contributed by atoms with van der Waals surface area (Å²) in [5, 5.41) is 10.3. The highest BCUT2D eigenvalue weighted by Gasteiger charge is 2.44. The van der Waals surface area contributed by atoms with Crippen molar-refractivity contribution >= 4 is 46.8 Å². The quantitative estimate of drug-likeness (QED) is 0.217. The van der Waals surface area contributed by atoms with Gasteiger partial charge in [0.05, 0.1) is 5.69 Å². The highest BCUT2D eigenvalue weighted by Crippen LogP contribution is 2.36. The molecule has 3 aromatic carbocycles. The number of anilines is 3. The van der Waals surface area contributed by atoms with Crippen molar-refractivity contribution in [2.75, 3.05) is 36.6 Å². The van der Waals surface area contributed by atoms with E-state index in [-0.39, 0.29) is 23.7 Å². The Labute approximate surface area is 276 Å². The smallest absolute Gasteiger partial charge is 0.407 e. The van der Waals surface area contributed by atoms with E-state index in [1.54, 1.807) is 48.5 Å². The molecule has 3 atom stereocenters. The first kappa shape index (κ1) is 33.9. The molecule has 3 aromatic rings. The van der Waals surface area contributed by atoms with Gasteiger partial charge in [-0.05, 0) is 79.3 Å². The molecule has 0 saturated carbocycles. The fourth-order valence-electron chi connectivity index (χ4n) is 5.76. The van der Waals surface area contributed by atoms with E-state index in [2.05, 4.69) is 21.3 Å². The molecule has 0 aliphatic carbocycles. The van der Waals surface area contributed by atoms with Crippen molar-refractivity contribution in [1.29, 1.82) is 0 Å². The molecule has 5 amide bonds. The first-order valence-corrected chi connectivity index (χ1v) is 15.5. The van der Waals surface area contributed by atoms with Gasteiger partial charge in [0.15, 0.2) is 6.10 Å². The van der Waals surface area contributed by atoms with Crippen molar-refractivity contribution < 1.29 is 37.8 Å². The van der Waals surface area contributed by atoms with Gasteiger partial charge in [-0.1, -0.05) is 24.3 Å². The van der Waals surface area contributed by atoms with Crippen LogP contribution in [0.3, 0.4) is 0 Å². The van der Waals surface area contributed by atoms with E-state index in [0.717, 1.165) is 6.07 Å². The summed E-state index contributed by atoms with van der Waals surface area (Å²) in [7, 11) is 1.36. The summed E-state index contributed by atoms with van der Waals surface area (Å²) in [5.74, 6) is -3.58.